The van der Waals surface area contributed by atoms with Crippen LogP contribution in [0.3, 0.4) is 0 Å². The molecule has 1 atom stereocenters. The number of nitrogens with one attached hydrogen (secondary N) is 3. The Morgan fingerprint density at radius 3 is 2.43 bits per heavy atom. The Labute approximate surface area is 173 Å². The van der Waals surface area contributed by atoms with Gasteiger partial charge in [-0.3, -0.25) is 9.79 Å². The van der Waals surface area contributed by atoms with E-state index in [9.17, 15) is 13.6 Å². The number of hydrogen-bond acceptors (Lipinski definition) is 6. The molecule has 0 saturated carbocycles. The first kappa shape index (κ1) is 21.4. The van der Waals surface area contributed by atoms with Gasteiger partial charge in [0.15, 0.2) is 5.96 Å². The second-order valence-corrected chi connectivity index (χ2v) is 6.78. The van der Waals surface area contributed by atoms with E-state index in [1.165, 1.54) is 20.3 Å². The smallest absolute Gasteiger partial charge is 0.254 e. The predicted octanol–water partition coefficient (Wildman–Crippen LogP) is 2.52. The highest BCUT2D eigenvalue weighted by molar-refractivity contribution is 5.95. The van der Waals surface area contributed by atoms with Crippen molar-refractivity contribution in [3.63, 3.8) is 0 Å². The normalized spacial score (nSPS) is 13.8. The Hall–Kier alpha value is -3.36. The molecule has 2 aromatic carbocycles. The molecule has 3 N–H and O–H groups in total. The van der Waals surface area contributed by atoms with Gasteiger partial charge in [-0.1, -0.05) is 0 Å². The molecule has 0 bridgehead atoms. The van der Waals surface area contributed by atoms with Crippen LogP contribution in [0.4, 0.5) is 8.78 Å². The van der Waals surface area contributed by atoms with E-state index in [0.717, 1.165) is 6.07 Å². The Balaban J connectivity index is 1.76. The standard InChI is InChI=1S/C21H24F2N4O3/c1-12(13-6-15(29-2)9-16(7-13)30-3)27-20(28)17-8-14(18(22)10-19(17)23)11-26-21-24-4-5-25-21/h6-10,12H,4-5,11H2,1-3H3,(H,27,28)(H2,24,25,26). The number of benzene rings is 2. The molecule has 1 aliphatic heterocycles. The summed E-state index contributed by atoms with van der Waals surface area (Å²) >= 11 is 0. The lowest BCUT2D eigenvalue weighted by Gasteiger charge is -2.17. The molecule has 160 valence electrons. The molecule has 1 amide bonds. The fraction of sp³-hybridized carbons (Fsp3) is 0.333. The van der Waals surface area contributed by atoms with Crippen LogP contribution in [0.25, 0.3) is 0 Å². The summed E-state index contributed by atoms with van der Waals surface area (Å²) in [4.78, 5) is 16.8. The van der Waals surface area contributed by atoms with Crippen LogP contribution in [0.5, 0.6) is 11.5 Å². The van der Waals surface area contributed by atoms with Crippen molar-refractivity contribution in [3.8, 4) is 11.5 Å². The highest BCUT2D eigenvalue weighted by Crippen LogP contribution is 2.26. The molecular formula is C21H24F2N4O3. The second kappa shape index (κ2) is 9.43. The summed E-state index contributed by atoms with van der Waals surface area (Å²) in [6, 6.07) is 6.67. The SMILES string of the molecule is COc1cc(OC)cc(C(C)NC(=O)c2cc(CNC3=NCCN3)c(F)cc2F)c1. The Morgan fingerprint density at radius 1 is 1.13 bits per heavy atom. The van der Waals surface area contributed by atoms with E-state index in [-0.39, 0.29) is 17.7 Å². The van der Waals surface area contributed by atoms with E-state index in [1.807, 2.05) is 0 Å². The number of guanidine groups is 1. The van der Waals surface area contributed by atoms with Crippen molar-refractivity contribution < 1.29 is 23.0 Å². The Morgan fingerprint density at radius 2 is 1.83 bits per heavy atom. The van der Waals surface area contributed by atoms with Crippen LogP contribution in [-0.4, -0.2) is 39.2 Å². The first-order chi connectivity index (χ1) is 14.4. The molecule has 0 spiro atoms. The lowest BCUT2D eigenvalue weighted by Crippen LogP contribution is -2.33. The molecule has 0 saturated heterocycles. The van der Waals surface area contributed by atoms with Crippen LogP contribution in [0, 0.1) is 11.6 Å². The predicted molar refractivity (Wildman–Crippen MR) is 109 cm³/mol. The maximum Gasteiger partial charge on any atom is 0.254 e. The molecule has 0 fully saturated rings. The maximum absolute atomic E-state index is 14.3. The van der Waals surface area contributed by atoms with Crippen molar-refractivity contribution in [2.75, 3.05) is 27.3 Å². The lowest BCUT2D eigenvalue weighted by atomic mass is 10.1. The van der Waals surface area contributed by atoms with Gasteiger partial charge in [0, 0.05) is 30.8 Å². The third kappa shape index (κ3) is 4.97. The number of rotatable bonds is 7. The molecule has 0 aliphatic carbocycles. The minimum atomic E-state index is -0.930. The molecule has 1 unspecified atom stereocenters. The topological polar surface area (TPSA) is 84.0 Å². The van der Waals surface area contributed by atoms with E-state index in [0.29, 0.717) is 36.1 Å². The van der Waals surface area contributed by atoms with Crippen molar-refractivity contribution in [2.45, 2.75) is 19.5 Å². The summed E-state index contributed by atoms with van der Waals surface area (Å²) in [5.74, 6) is -0.642. The van der Waals surface area contributed by atoms with Gasteiger partial charge in [0.05, 0.1) is 32.4 Å². The zero-order valence-electron chi connectivity index (χ0n) is 17.0. The monoisotopic (exact) mass is 418 g/mol. The van der Waals surface area contributed by atoms with Crippen LogP contribution < -0.4 is 25.4 Å². The summed E-state index contributed by atoms with van der Waals surface area (Å²) < 4.78 is 39.0. The van der Waals surface area contributed by atoms with E-state index in [4.69, 9.17) is 9.47 Å². The minimum Gasteiger partial charge on any atom is -0.497 e. The van der Waals surface area contributed by atoms with Crippen LogP contribution in [0.1, 0.15) is 34.5 Å². The average molecular weight is 418 g/mol. The molecule has 2 aromatic rings. The van der Waals surface area contributed by atoms with E-state index < -0.39 is 23.6 Å². The number of ether oxygens (including phenoxy) is 2. The Bertz CT molecular complexity index is 943. The molecule has 0 radical (unpaired) electrons. The number of carbonyl (C=O) groups excluding carboxylic acids is 1. The number of aliphatic imine (C=N–C) groups is 1. The van der Waals surface area contributed by atoms with Crippen molar-refractivity contribution in [1.29, 1.82) is 0 Å². The summed E-state index contributed by atoms with van der Waals surface area (Å²) in [6.07, 6.45) is 0. The highest BCUT2D eigenvalue weighted by atomic mass is 19.1. The van der Waals surface area contributed by atoms with Gasteiger partial charge in [-0.25, -0.2) is 8.78 Å². The fourth-order valence-electron chi connectivity index (χ4n) is 3.04. The van der Waals surface area contributed by atoms with Gasteiger partial charge < -0.3 is 25.4 Å². The number of hydrogen-bond donors (Lipinski definition) is 3. The van der Waals surface area contributed by atoms with Crippen molar-refractivity contribution >= 4 is 11.9 Å². The number of halogens is 2. The van der Waals surface area contributed by atoms with Gasteiger partial charge in [-0.15, -0.1) is 0 Å². The van der Waals surface area contributed by atoms with Crippen molar-refractivity contribution in [3.05, 3.63) is 58.7 Å². The molecule has 3 rings (SSSR count). The van der Waals surface area contributed by atoms with E-state index in [2.05, 4.69) is 20.9 Å². The summed E-state index contributed by atoms with van der Waals surface area (Å²) in [5, 5.41) is 8.66. The maximum atomic E-state index is 14.3. The van der Waals surface area contributed by atoms with Crippen LogP contribution in [0.2, 0.25) is 0 Å². The van der Waals surface area contributed by atoms with Gasteiger partial charge in [0.25, 0.3) is 5.91 Å². The Kier molecular flexibility index (Phi) is 6.71. The molecule has 0 aromatic heterocycles. The number of carbonyl (C=O) groups is 1. The first-order valence-electron chi connectivity index (χ1n) is 9.45. The summed E-state index contributed by atoms with van der Waals surface area (Å²) in [7, 11) is 3.05. The average Bonchev–Trinajstić information content (AvgIpc) is 3.26. The lowest BCUT2D eigenvalue weighted by molar-refractivity contribution is 0.0935. The summed E-state index contributed by atoms with van der Waals surface area (Å²) in [6.45, 7) is 3.16. The molecular weight excluding hydrogens is 394 g/mol. The van der Waals surface area contributed by atoms with E-state index in [1.54, 1.807) is 25.1 Å². The largest absolute Gasteiger partial charge is 0.497 e. The molecule has 1 heterocycles. The van der Waals surface area contributed by atoms with Gasteiger partial charge in [-0.2, -0.15) is 0 Å². The van der Waals surface area contributed by atoms with Gasteiger partial charge in [-0.05, 0) is 30.7 Å². The van der Waals surface area contributed by atoms with Crippen molar-refractivity contribution in [1.82, 2.24) is 16.0 Å². The van der Waals surface area contributed by atoms with Crippen LogP contribution in [-0.2, 0) is 6.54 Å². The highest BCUT2D eigenvalue weighted by Gasteiger charge is 2.19. The zero-order valence-corrected chi connectivity index (χ0v) is 17.0. The third-order valence-electron chi connectivity index (χ3n) is 4.72. The van der Waals surface area contributed by atoms with Gasteiger partial charge in [0.2, 0.25) is 0 Å². The van der Waals surface area contributed by atoms with Crippen LogP contribution >= 0.6 is 0 Å². The zero-order chi connectivity index (χ0) is 21.7. The quantitative estimate of drug-likeness (QED) is 0.644. The summed E-state index contributed by atoms with van der Waals surface area (Å²) in [5.41, 5.74) is 0.638. The van der Waals surface area contributed by atoms with Crippen molar-refractivity contribution in [2.24, 2.45) is 4.99 Å². The fourth-order valence-corrected chi connectivity index (χ4v) is 3.04. The number of methoxy groups -OCH3 is 2. The molecule has 9 heteroatoms. The first-order valence-corrected chi connectivity index (χ1v) is 9.45. The second-order valence-electron chi connectivity index (χ2n) is 6.78. The number of nitrogens with zero attached hydrogens (tertiary/aromatic N) is 1. The number of amides is 1. The van der Waals surface area contributed by atoms with E-state index >= 15 is 0 Å². The third-order valence-corrected chi connectivity index (χ3v) is 4.72. The van der Waals surface area contributed by atoms with Crippen LogP contribution in [0.15, 0.2) is 35.3 Å². The minimum absolute atomic E-state index is 0.0703. The van der Waals surface area contributed by atoms with Gasteiger partial charge >= 0.3 is 0 Å². The molecule has 1 aliphatic rings. The molecule has 30 heavy (non-hydrogen) atoms. The molecule has 7 nitrogen and oxygen atoms in total. The van der Waals surface area contributed by atoms with Gasteiger partial charge in [0.1, 0.15) is 23.1 Å².